The first-order valence-electron chi connectivity index (χ1n) is 9.74. The smallest absolute Gasteiger partial charge is 0.233 e. The molecule has 3 aliphatic rings. The predicted molar refractivity (Wildman–Crippen MR) is 108 cm³/mol. The molecular formula is C20H21N3O3S2. The number of fused-ring (bicyclic) bond motifs is 3. The van der Waals surface area contributed by atoms with Crippen molar-refractivity contribution in [2.75, 3.05) is 5.75 Å². The number of imide groups is 1. The molecule has 3 fully saturated rings. The average molecular weight is 416 g/mol. The topological polar surface area (TPSA) is 70.6 Å². The molecule has 0 saturated carbocycles. The highest BCUT2D eigenvalue weighted by molar-refractivity contribution is 8.01. The third-order valence-corrected chi connectivity index (χ3v) is 8.21. The number of thioether (sulfide) groups is 1. The molecule has 5 rings (SSSR count). The van der Waals surface area contributed by atoms with E-state index in [1.165, 1.54) is 16.7 Å². The summed E-state index contributed by atoms with van der Waals surface area (Å²) in [6.07, 6.45) is 4.07. The Hall–Kier alpha value is -1.93. The number of piperidine rings is 1. The quantitative estimate of drug-likeness (QED) is 0.567. The molecule has 2 atom stereocenters. The Balaban J connectivity index is 1.24. The van der Waals surface area contributed by atoms with E-state index in [1.807, 2.05) is 29.2 Å². The molecule has 8 heteroatoms. The molecule has 2 unspecified atom stereocenters. The van der Waals surface area contributed by atoms with Crippen molar-refractivity contribution >= 4 is 51.0 Å². The van der Waals surface area contributed by atoms with Crippen LogP contribution < -0.4 is 0 Å². The summed E-state index contributed by atoms with van der Waals surface area (Å²) in [6, 6.07) is 8.27. The van der Waals surface area contributed by atoms with Gasteiger partial charge in [0, 0.05) is 31.0 Å². The number of carbonyl (C=O) groups excluding carboxylic acids is 3. The molecule has 1 aromatic heterocycles. The number of carbonyl (C=O) groups is 3. The summed E-state index contributed by atoms with van der Waals surface area (Å²) < 4.78 is 2.06. The van der Waals surface area contributed by atoms with Crippen LogP contribution in [0.2, 0.25) is 0 Å². The van der Waals surface area contributed by atoms with Crippen molar-refractivity contribution in [2.45, 2.75) is 61.0 Å². The number of nitrogens with zero attached hydrogens (tertiary/aromatic N) is 3. The van der Waals surface area contributed by atoms with E-state index in [-0.39, 0.29) is 35.8 Å². The lowest BCUT2D eigenvalue weighted by molar-refractivity contribution is -0.144. The molecule has 0 radical (unpaired) electrons. The van der Waals surface area contributed by atoms with Gasteiger partial charge in [-0.15, -0.1) is 11.3 Å². The van der Waals surface area contributed by atoms with Gasteiger partial charge >= 0.3 is 0 Å². The third kappa shape index (κ3) is 3.12. The molecule has 6 nitrogen and oxygen atoms in total. The van der Waals surface area contributed by atoms with Gasteiger partial charge in [0.25, 0.3) is 0 Å². The van der Waals surface area contributed by atoms with Crippen LogP contribution in [0.5, 0.6) is 0 Å². The minimum atomic E-state index is -0.0411. The lowest BCUT2D eigenvalue weighted by Gasteiger charge is -2.41. The summed E-state index contributed by atoms with van der Waals surface area (Å²) in [5.74, 6) is 0.453. The molecule has 1 aromatic carbocycles. The van der Waals surface area contributed by atoms with Gasteiger partial charge in [0.2, 0.25) is 17.7 Å². The first-order valence-corrected chi connectivity index (χ1v) is 11.5. The summed E-state index contributed by atoms with van der Waals surface area (Å²) in [6.45, 7) is 0. The first-order chi connectivity index (χ1) is 13.6. The molecule has 0 aliphatic carbocycles. The second-order valence-electron chi connectivity index (χ2n) is 7.70. The number of aromatic nitrogens is 1. The zero-order valence-electron chi connectivity index (χ0n) is 15.4. The largest absolute Gasteiger partial charge is 0.336 e. The van der Waals surface area contributed by atoms with Gasteiger partial charge in [-0.2, -0.15) is 0 Å². The Morgan fingerprint density at radius 1 is 1.07 bits per heavy atom. The number of benzene rings is 1. The van der Waals surface area contributed by atoms with Gasteiger partial charge < -0.3 is 4.90 Å². The number of thiazole rings is 1. The molecule has 4 heterocycles. The van der Waals surface area contributed by atoms with Crippen LogP contribution in [-0.4, -0.2) is 56.4 Å². The van der Waals surface area contributed by atoms with Crippen molar-refractivity contribution in [3.05, 3.63) is 24.3 Å². The Morgan fingerprint density at radius 3 is 2.43 bits per heavy atom. The first kappa shape index (κ1) is 18.1. The van der Waals surface area contributed by atoms with E-state index in [4.69, 9.17) is 0 Å². The molecule has 3 aliphatic heterocycles. The van der Waals surface area contributed by atoms with Crippen molar-refractivity contribution < 1.29 is 14.4 Å². The fraction of sp³-hybridized carbons (Fsp3) is 0.500. The van der Waals surface area contributed by atoms with Crippen LogP contribution in [0.4, 0.5) is 0 Å². The van der Waals surface area contributed by atoms with Crippen LogP contribution in [0.1, 0.15) is 38.5 Å². The zero-order valence-corrected chi connectivity index (χ0v) is 17.0. The lowest BCUT2D eigenvalue weighted by atomic mass is 9.96. The number of para-hydroxylation sites is 1. The average Bonchev–Trinajstić information content (AvgIpc) is 3.33. The molecule has 2 bridgehead atoms. The van der Waals surface area contributed by atoms with E-state index in [0.717, 1.165) is 40.2 Å². The summed E-state index contributed by atoms with van der Waals surface area (Å²) in [5, 5.41) is 0. The number of hydrogen-bond donors (Lipinski definition) is 0. The standard InChI is InChI=1S/C20H21N3O3S2/c24-17-7-8-18(25)23(17)14-9-12-5-6-13(10-14)22(12)19(26)11-27-20-21-15-3-1-2-4-16(15)28-20/h1-4,12-14H,5-11H2. The van der Waals surface area contributed by atoms with Gasteiger partial charge in [-0.3, -0.25) is 19.3 Å². The van der Waals surface area contributed by atoms with Gasteiger partial charge in [-0.1, -0.05) is 23.9 Å². The third-order valence-electron chi connectivity index (χ3n) is 6.04. The highest BCUT2D eigenvalue weighted by Crippen LogP contribution is 2.39. The van der Waals surface area contributed by atoms with E-state index >= 15 is 0 Å². The van der Waals surface area contributed by atoms with E-state index in [2.05, 4.69) is 4.98 Å². The maximum absolute atomic E-state index is 12.9. The van der Waals surface area contributed by atoms with E-state index in [9.17, 15) is 14.4 Å². The van der Waals surface area contributed by atoms with Crippen LogP contribution in [-0.2, 0) is 14.4 Å². The van der Waals surface area contributed by atoms with Gasteiger partial charge in [-0.25, -0.2) is 4.98 Å². The molecule has 0 spiro atoms. The summed E-state index contributed by atoms with van der Waals surface area (Å²) in [4.78, 5) is 45.2. The number of rotatable bonds is 4. The second kappa shape index (κ2) is 7.15. The fourth-order valence-corrected chi connectivity index (χ4v) is 6.82. The number of hydrogen-bond acceptors (Lipinski definition) is 6. The Bertz CT molecular complexity index is 896. The molecule has 28 heavy (non-hydrogen) atoms. The van der Waals surface area contributed by atoms with E-state index < -0.39 is 0 Å². The summed E-state index contributed by atoms with van der Waals surface area (Å²) in [5.41, 5.74) is 0.975. The molecule has 3 amide bonds. The van der Waals surface area contributed by atoms with Crippen molar-refractivity contribution in [2.24, 2.45) is 0 Å². The van der Waals surface area contributed by atoms with E-state index in [1.54, 1.807) is 11.3 Å². The maximum Gasteiger partial charge on any atom is 0.233 e. The molecular weight excluding hydrogens is 394 g/mol. The van der Waals surface area contributed by atoms with Crippen molar-refractivity contribution in [1.82, 2.24) is 14.8 Å². The van der Waals surface area contributed by atoms with Gasteiger partial charge in [0.05, 0.1) is 16.0 Å². The molecule has 146 valence electrons. The minimum absolute atomic E-state index is 0.0269. The molecule has 3 saturated heterocycles. The fourth-order valence-electron chi connectivity index (χ4n) is 4.88. The van der Waals surface area contributed by atoms with E-state index in [0.29, 0.717) is 18.6 Å². The minimum Gasteiger partial charge on any atom is -0.336 e. The van der Waals surface area contributed by atoms with Crippen LogP contribution in [0.3, 0.4) is 0 Å². The predicted octanol–water partition coefficient (Wildman–Crippen LogP) is 3.06. The van der Waals surface area contributed by atoms with Crippen molar-refractivity contribution in [3.8, 4) is 0 Å². The monoisotopic (exact) mass is 415 g/mol. The van der Waals surface area contributed by atoms with Crippen molar-refractivity contribution in [1.29, 1.82) is 0 Å². The van der Waals surface area contributed by atoms with Crippen LogP contribution in [0.15, 0.2) is 28.6 Å². The highest BCUT2D eigenvalue weighted by Gasteiger charge is 2.47. The molecule has 2 aromatic rings. The second-order valence-corrected chi connectivity index (χ2v) is 9.96. The Morgan fingerprint density at radius 2 is 1.75 bits per heavy atom. The van der Waals surface area contributed by atoms with Gasteiger partial charge in [0.15, 0.2) is 4.34 Å². The van der Waals surface area contributed by atoms with Crippen LogP contribution in [0.25, 0.3) is 10.2 Å². The van der Waals surface area contributed by atoms with Gasteiger partial charge in [0.1, 0.15) is 0 Å². The molecule has 0 N–H and O–H groups in total. The SMILES string of the molecule is O=C1CCC(=O)N1C1CC2CCC(C1)N2C(=O)CSc1nc2ccccc2s1. The highest BCUT2D eigenvalue weighted by atomic mass is 32.2. The normalized spacial score (nSPS) is 27.2. The van der Waals surface area contributed by atoms with Gasteiger partial charge in [-0.05, 0) is 37.8 Å². The summed E-state index contributed by atoms with van der Waals surface area (Å²) in [7, 11) is 0. The van der Waals surface area contributed by atoms with Crippen LogP contribution >= 0.6 is 23.1 Å². The number of amides is 3. The lowest BCUT2D eigenvalue weighted by Crippen LogP contribution is -2.54. The summed E-state index contributed by atoms with van der Waals surface area (Å²) >= 11 is 3.12. The van der Waals surface area contributed by atoms with Crippen molar-refractivity contribution in [3.63, 3.8) is 0 Å². The zero-order chi connectivity index (χ0) is 19.3. The number of likely N-dealkylation sites (tertiary alicyclic amines) is 1. The Labute approximate surface area is 171 Å². The maximum atomic E-state index is 12.9. The van der Waals surface area contributed by atoms with Crippen LogP contribution in [0, 0.1) is 0 Å². The Kier molecular flexibility index (Phi) is 4.63.